The van der Waals surface area contributed by atoms with Crippen molar-refractivity contribution in [2.24, 2.45) is 5.73 Å². The zero-order valence-corrected chi connectivity index (χ0v) is 14.1. The van der Waals surface area contributed by atoms with Gasteiger partial charge in [-0.15, -0.1) is 11.3 Å². The summed E-state index contributed by atoms with van der Waals surface area (Å²) in [5, 5.41) is 0. The van der Waals surface area contributed by atoms with Crippen LogP contribution in [-0.4, -0.2) is 48.6 Å². The average molecular weight is 316 g/mol. The van der Waals surface area contributed by atoms with Crippen molar-refractivity contribution in [3.63, 3.8) is 0 Å². The van der Waals surface area contributed by atoms with Crippen LogP contribution in [0.1, 0.15) is 31.1 Å². The van der Waals surface area contributed by atoms with Crippen molar-refractivity contribution in [2.75, 3.05) is 33.2 Å². The van der Waals surface area contributed by atoms with E-state index in [-0.39, 0.29) is 5.54 Å². The van der Waals surface area contributed by atoms with Crippen LogP contribution in [0.3, 0.4) is 0 Å². The molecule has 20 heavy (non-hydrogen) atoms. The predicted molar refractivity (Wildman–Crippen MR) is 88.5 cm³/mol. The van der Waals surface area contributed by atoms with Gasteiger partial charge in [0.1, 0.15) is 0 Å². The lowest BCUT2D eigenvalue weighted by Crippen LogP contribution is -2.57. The van der Waals surface area contributed by atoms with Crippen molar-refractivity contribution < 1.29 is 0 Å². The second-order valence-corrected chi connectivity index (χ2v) is 7.63. The van der Waals surface area contributed by atoms with Gasteiger partial charge in [-0.25, -0.2) is 0 Å². The molecule has 0 saturated carbocycles. The summed E-state index contributed by atoms with van der Waals surface area (Å²) in [6, 6.07) is 4.11. The van der Waals surface area contributed by atoms with Gasteiger partial charge in [0.05, 0.1) is 4.34 Å². The van der Waals surface area contributed by atoms with Gasteiger partial charge >= 0.3 is 0 Å². The lowest BCUT2D eigenvalue weighted by molar-refractivity contribution is 0.0407. The monoisotopic (exact) mass is 315 g/mol. The highest BCUT2D eigenvalue weighted by Crippen LogP contribution is 2.30. The van der Waals surface area contributed by atoms with Crippen LogP contribution in [0, 0.1) is 0 Å². The number of thiophene rings is 1. The second-order valence-electron chi connectivity index (χ2n) is 5.83. The van der Waals surface area contributed by atoms with Gasteiger partial charge in [-0.1, -0.05) is 18.5 Å². The zero-order valence-electron chi connectivity index (χ0n) is 12.6. The van der Waals surface area contributed by atoms with E-state index >= 15 is 0 Å². The van der Waals surface area contributed by atoms with Gasteiger partial charge in [-0.05, 0) is 58.1 Å². The summed E-state index contributed by atoms with van der Waals surface area (Å²) in [7, 11) is 2.20. The summed E-state index contributed by atoms with van der Waals surface area (Å²) in [5.41, 5.74) is 6.29. The van der Waals surface area contributed by atoms with E-state index in [0.29, 0.717) is 0 Å². The van der Waals surface area contributed by atoms with E-state index in [2.05, 4.69) is 29.8 Å². The summed E-state index contributed by atoms with van der Waals surface area (Å²) < 4.78 is 0.868. The molecule has 0 aliphatic carbocycles. The minimum Gasteiger partial charge on any atom is -0.329 e. The Morgan fingerprint density at radius 3 is 2.60 bits per heavy atom. The number of hydrogen-bond acceptors (Lipinski definition) is 4. The third kappa shape index (κ3) is 3.74. The molecule has 0 unspecified atom stereocenters. The summed E-state index contributed by atoms with van der Waals surface area (Å²) in [4.78, 5) is 6.32. The lowest BCUT2D eigenvalue weighted by atomic mass is 9.85. The molecule has 2 rings (SSSR count). The Hall–Kier alpha value is -0.130. The molecule has 0 radical (unpaired) electrons. The lowest BCUT2D eigenvalue weighted by Gasteiger charge is -2.47. The molecule has 0 atom stereocenters. The van der Waals surface area contributed by atoms with E-state index in [0.717, 1.165) is 17.4 Å². The van der Waals surface area contributed by atoms with E-state index in [1.165, 1.54) is 43.8 Å². The van der Waals surface area contributed by atoms with Crippen molar-refractivity contribution >= 4 is 22.9 Å². The van der Waals surface area contributed by atoms with Crippen molar-refractivity contribution in [3.05, 3.63) is 21.3 Å². The molecule has 1 aromatic heterocycles. The Balaban J connectivity index is 1.96. The van der Waals surface area contributed by atoms with E-state index in [1.807, 2.05) is 6.07 Å². The van der Waals surface area contributed by atoms with Gasteiger partial charge in [0, 0.05) is 23.5 Å². The Kier molecular flexibility index (Phi) is 5.87. The van der Waals surface area contributed by atoms with Crippen LogP contribution in [0.2, 0.25) is 4.34 Å². The zero-order chi connectivity index (χ0) is 14.6. The molecule has 1 fully saturated rings. The van der Waals surface area contributed by atoms with Gasteiger partial charge in [0.25, 0.3) is 0 Å². The topological polar surface area (TPSA) is 32.5 Å². The smallest absolute Gasteiger partial charge is 0.0931 e. The van der Waals surface area contributed by atoms with Crippen molar-refractivity contribution in [1.29, 1.82) is 0 Å². The van der Waals surface area contributed by atoms with Crippen molar-refractivity contribution in [3.8, 4) is 0 Å². The molecule has 2 N–H and O–H groups in total. The Labute approximate surface area is 131 Å². The fourth-order valence-electron chi connectivity index (χ4n) is 3.09. The van der Waals surface area contributed by atoms with Gasteiger partial charge in [-0.3, -0.25) is 4.90 Å². The minimum atomic E-state index is 0.153. The van der Waals surface area contributed by atoms with Crippen molar-refractivity contribution in [1.82, 2.24) is 9.80 Å². The first-order valence-electron chi connectivity index (χ1n) is 7.47. The first-order valence-corrected chi connectivity index (χ1v) is 8.67. The van der Waals surface area contributed by atoms with E-state index in [4.69, 9.17) is 17.3 Å². The number of rotatable bonds is 6. The highest BCUT2D eigenvalue weighted by atomic mass is 35.5. The molecule has 1 aliphatic heterocycles. The number of hydrogen-bond donors (Lipinski definition) is 1. The van der Waals surface area contributed by atoms with Crippen LogP contribution in [0.25, 0.3) is 0 Å². The highest BCUT2D eigenvalue weighted by molar-refractivity contribution is 7.16. The van der Waals surface area contributed by atoms with Crippen LogP contribution < -0.4 is 5.73 Å². The summed E-state index contributed by atoms with van der Waals surface area (Å²) in [6.07, 6.45) is 3.57. The van der Waals surface area contributed by atoms with Crippen molar-refractivity contribution in [2.45, 2.75) is 38.3 Å². The molecule has 3 nitrogen and oxygen atoms in total. The minimum absolute atomic E-state index is 0.153. The number of piperidine rings is 1. The van der Waals surface area contributed by atoms with Gasteiger partial charge in [-0.2, -0.15) is 0 Å². The Bertz CT molecular complexity index is 413. The molecule has 0 aromatic carbocycles. The maximum absolute atomic E-state index is 6.13. The van der Waals surface area contributed by atoms with E-state index in [9.17, 15) is 0 Å². The standard InChI is InChI=1S/C15H26ClN3S/c1-3-8-19-9-6-15(12-17,7-10-19)18(2)11-13-4-5-14(16)20-13/h4-5H,3,6-12,17H2,1-2H3. The third-order valence-corrected chi connectivity index (χ3v) is 5.75. The Morgan fingerprint density at radius 2 is 2.10 bits per heavy atom. The largest absolute Gasteiger partial charge is 0.329 e. The quantitative estimate of drug-likeness (QED) is 0.876. The van der Waals surface area contributed by atoms with Gasteiger partial charge in [0.2, 0.25) is 0 Å². The summed E-state index contributed by atoms with van der Waals surface area (Å²) in [5.74, 6) is 0. The number of likely N-dealkylation sites (N-methyl/N-ethyl adjacent to an activating group) is 1. The number of halogens is 1. The van der Waals surface area contributed by atoms with Crippen LogP contribution in [0.15, 0.2) is 12.1 Å². The molecular weight excluding hydrogens is 290 g/mol. The summed E-state index contributed by atoms with van der Waals surface area (Å²) in [6.45, 7) is 7.48. The first kappa shape index (κ1) is 16.2. The van der Waals surface area contributed by atoms with E-state index < -0.39 is 0 Å². The molecule has 1 aromatic rings. The number of nitrogens with two attached hydrogens (primary N) is 1. The summed E-state index contributed by atoms with van der Waals surface area (Å²) >= 11 is 7.69. The SMILES string of the molecule is CCCN1CCC(CN)(N(C)Cc2ccc(Cl)s2)CC1. The number of nitrogens with zero attached hydrogens (tertiary/aromatic N) is 2. The Morgan fingerprint density at radius 1 is 1.40 bits per heavy atom. The molecule has 5 heteroatoms. The molecule has 0 amide bonds. The second kappa shape index (κ2) is 7.23. The molecule has 1 saturated heterocycles. The molecule has 0 bridgehead atoms. The van der Waals surface area contributed by atoms with Gasteiger partial charge in [0.15, 0.2) is 0 Å². The fourth-order valence-corrected chi connectivity index (χ4v) is 4.23. The third-order valence-electron chi connectivity index (χ3n) is 4.54. The normalized spacial score (nSPS) is 19.6. The van der Waals surface area contributed by atoms with Gasteiger partial charge < -0.3 is 10.6 Å². The van der Waals surface area contributed by atoms with Crippen LogP contribution in [0.4, 0.5) is 0 Å². The van der Waals surface area contributed by atoms with Crippen LogP contribution >= 0.6 is 22.9 Å². The van der Waals surface area contributed by atoms with E-state index in [1.54, 1.807) is 11.3 Å². The van der Waals surface area contributed by atoms with Crippen LogP contribution in [0.5, 0.6) is 0 Å². The molecular formula is C15H26ClN3S. The molecule has 2 heterocycles. The highest BCUT2D eigenvalue weighted by Gasteiger charge is 2.36. The van der Waals surface area contributed by atoms with Crippen LogP contribution in [-0.2, 0) is 6.54 Å². The molecule has 1 aliphatic rings. The molecule has 114 valence electrons. The maximum atomic E-state index is 6.13. The average Bonchev–Trinajstić information content (AvgIpc) is 2.85. The maximum Gasteiger partial charge on any atom is 0.0931 e. The number of likely N-dealkylation sites (tertiary alicyclic amines) is 1. The molecule has 0 spiro atoms. The first-order chi connectivity index (χ1) is 9.59. The predicted octanol–water partition coefficient (Wildman–Crippen LogP) is 3.04. The fraction of sp³-hybridized carbons (Fsp3) is 0.733.